The molecular weight excluding hydrogens is 279 g/mol. The highest BCUT2D eigenvalue weighted by atomic mass is 19.1. The summed E-state index contributed by atoms with van der Waals surface area (Å²) in [7, 11) is 0. The second-order valence-electron chi connectivity index (χ2n) is 4.14. The first-order valence-corrected chi connectivity index (χ1v) is 6.10. The number of halogens is 1. The van der Waals surface area contributed by atoms with Crippen LogP contribution in [0.5, 0.6) is 0 Å². The van der Waals surface area contributed by atoms with Gasteiger partial charge in [-0.25, -0.2) is 4.39 Å². The Morgan fingerprint density at radius 3 is 2.76 bits per heavy atom. The maximum Gasteiger partial charge on any atom is 0.269 e. The van der Waals surface area contributed by atoms with Crippen LogP contribution < -0.4 is 15.7 Å². The Bertz CT molecular complexity index is 656. The Kier molecular flexibility index (Phi) is 4.50. The van der Waals surface area contributed by atoms with Crippen molar-refractivity contribution >= 4 is 12.0 Å². The number of amides is 2. The quantitative estimate of drug-likeness (QED) is 0.667. The van der Waals surface area contributed by atoms with E-state index in [1.807, 2.05) is 5.32 Å². The van der Waals surface area contributed by atoms with Crippen LogP contribution in [0.3, 0.4) is 0 Å². The van der Waals surface area contributed by atoms with Crippen LogP contribution in [0.2, 0.25) is 0 Å². The van der Waals surface area contributed by atoms with Gasteiger partial charge in [0.1, 0.15) is 17.6 Å². The first-order valence-electron chi connectivity index (χ1n) is 6.10. The average Bonchev–Trinajstić information content (AvgIpc) is 2.92. The van der Waals surface area contributed by atoms with Gasteiger partial charge in [-0.3, -0.25) is 9.89 Å². The molecule has 0 radical (unpaired) electrons. The zero-order valence-electron chi connectivity index (χ0n) is 10.9. The van der Waals surface area contributed by atoms with E-state index < -0.39 is 17.8 Å². The van der Waals surface area contributed by atoms with Gasteiger partial charge in [0.2, 0.25) is 0 Å². The van der Waals surface area contributed by atoms with E-state index in [4.69, 9.17) is 0 Å². The molecule has 0 aliphatic rings. The summed E-state index contributed by atoms with van der Waals surface area (Å²) in [5.41, 5.74) is 1.15. The number of carbonyl (C=O) groups is 2. The van der Waals surface area contributed by atoms with Crippen LogP contribution in [0.15, 0.2) is 30.5 Å². The van der Waals surface area contributed by atoms with Gasteiger partial charge in [-0.2, -0.15) is 5.10 Å². The van der Waals surface area contributed by atoms with Gasteiger partial charge in [0.05, 0.1) is 6.20 Å². The maximum atomic E-state index is 13.2. The second kappa shape index (κ2) is 6.51. The second-order valence-corrected chi connectivity index (χ2v) is 4.14. The molecule has 2 amide bonds. The Morgan fingerprint density at radius 2 is 2.05 bits per heavy atom. The molecule has 0 saturated carbocycles. The summed E-state index contributed by atoms with van der Waals surface area (Å²) in [6.07, 6.45) is 0.00886. The Balaban J connectivity index is 2.06. The first kappa shape index (κ1) is 14.5. The van der Waals surface area contributed by atoms with E-state index >= 15 is 0 Å². The summed E-state index contributed by atoms with van der Waals surface area (Å²) < 4.78 is 13.2. The number of aromatic amines is 1. The summed E-state index contributed by atoms with van der Waals surface area (Å²) in [6.45, 7) is 0.117. The van der Waals surface area contributed by atoms with Crippen LogP contribution in [0.4, 0.5) is 9.18 Å². The molecule has 1 heterocycles. The van der Waals surface area contributed by atoms with Crippen LogP contribution in [0.25, 0.3) is 11.1 Å². The number of nitrogens with zero attached hydrogens (tertiary/aromatic N) is 1. The third-order valence-electron chi connectivity index (χ3n) is 2.68. The lowest BCUT2D eigenvalue weighted by molar-refractivity contribution is -0.250. The van der Waals surface area contributed by atoms with Crippen LogP contribution in [-0.4, -0.2) is 35.3 Å². The van der Waals surface area contributed by atoms with Crippen molar-refractivity contribution in [3.63, 3.8) is 0 Å². The van der Waals surface area contributed by atoms with Gasteiger partial charge in [0, 0.05) is 18.7 Å². The number of carbonyl (C=O) groups excluding carboxylic acids is 2. The fourth-order valence-electron chi connectivity index (χ4n) is 1.76. The lowest BCUT2D eigenvalue weighted by atomic mass is 10.1. The predicted molar refractivity (Wildman–Crippen MR) is 69.7 cm³/mol. The molecule has 0 bridgehead atoms. The standard InChI is InChI=1S/C13H13FN4O3/c14-9-3-1-2-8(6-9)10-7-17-18-11(10)12(19)15-4-5-16-13(20)21/h1-3,6-7,16H,4-5H2,(H,15,19)(H,17,18)(H,20,21)/p-1. The highest BCUT2D eigenvalue weighted by Gasteiger charge is 2.15. The third kappa shape index (κ3) is 3.78. The number of H-pyrrole nitrogens is 1. The van der Waals surface area contributed by atoms with E-state index in [0.29, 0.717) is 11.1 Å². The van der Waals surface area contributed by atoms with Crippen LogP contribution >= 0.6 is 0 Å². The number of hydrogen-bond acceptors (Lipinski definition) is 4. The number of benzene rings is 1. The highest BCUT2D eigenvalue weighted by Crippen LogP contribution is 2.22. The molecular formula is C13H12FN4O3-. The summed E-state index contributed by atoms with van der Waals surface area (Å²) in [4.78, 5) is 22.1. The molecule has 0 spiro atoms. The Morgan fingerprint density at radius 1 is 1.29 bits per heavy atom. The van der Waals surface area contributed by atoms with Gasteiger partial charge in [-0.1, -0.05) is 12.1 Å². The minimum Gasteiger partial charge on any atom is -0.530 e. The van der Waals surface area contributed by atoms with Crippen LogP contribution in [0.1, 0.15) is 10.5 Å². The van der Waals surface area contributed by atoms with E-state index in [1.165, 1.54) is 24.4 Å². The number of nitrogens with one attached hydrogen (secondary N) is 3. The molecule has 0 fully saturated rings. The average molecular weight is 291 g/mol. The molecule has 21 heavy (non-hydrogen) atoms. The molecule has 0 unspecified atom stereocenters. The van der Waals surface area contributed by atoms with Crippen molar-refractivity contribution in [3.05, 3.63) is 42.0 Å². The number of hydrogen-bond donors (Lipinski definition) is 3. The zero-order chi connectivity index (χ0) is 15.2. The maximum absolute atomic E-state index is 13.2. The normalized spacial score (nSPS) is 10.1. The van der Waals surface area contributed by atoms with E-state index in [2.05, 4.69) is 15.5 Å². The molecule has 0 saturated heterocycles. The largest absolute Gasteiger partial charge is 0.530 e. The van der Waals surface area contributed by atoms with Crippen molar-refractivity contribution in [2.75, 3.05) is 13.1 Å². The molecule has 8 heteroatoms. The molecule has 0 atom stereocenters. The highest BCUT2D eigenvalue weighted by molar-refractivity contribution is 5.98. The van der Waals surface area contributed by atoms with Gasteiger partial charge >= 0.3 is 0 Å². The fraction of sp³-hybridized carbons (Fsp3) is 0.154. The van der Waals surface area contributed by atoms with E-state index in [-0.39, 0.29) is 18.8 Å². The number of carboxylic acid groups (broad SMARTS) is 1. The summed E-state index contributed by atoms with van der Waals surface area (Å²) in [5.74, 6) is -0.884. The molecule has 3 N–H and O–H groups in total. The fourth-order valence-corrected chi connectivity index (χ4v) is 1.76. The molecule has 2 rings (SSSR count). The van der Waals surface area contributed by atoms with Gasteiger partial charge in [-0.15, -0.1) is 0 Å². The molecule has 110 valence electrons. The van der Waals surface area contributed by atoms with Crippen molar-refractivity contribution in [2.45, 2.75) is 0 Å². The van der Waals surface area contributed by atoms with Crippen molar-refractivity contribution in [1.82, 2.24) is 20.8 Å². The van der Waals surface area contributed by atoms with E-state index in [0.717, 1.165) is 0 Å². The lowest BCUT2D eigenvalue weighted by Crippen LogP contribution is -2.41. The van der Waals surface area contributed by atoms with Crippen molar-refractivity contribution in [1.29, 1.82) is 0 Å². The lowest BCUT2D eigenvalue weighted by Gasteiger charge is -2.08. The molecule has 1 aromatic carbocycles. The smallest absolute Gasteiger partial charge is 0.269 e. The predicted octanol–water partition coefficient (Wildman–Crippen LogP) is -0.122. The number of aromatic nitrogens is 2. The topological polar surface area (TPSA) is 110 Å². The molecule has 1 aromatic heterocycles. The zero-order valence-corrected chi connectivity index (χ0v) is 10.9. The van der Waals surface area contributed by atoms with Crippen molar-refractivity contribution in [3.8, 4) is 11.1 Å². The van der Waals surface area contributed by atoms with Gasteiger partial charge in [0.25, 0.3) is 5.91 Å². The molecule has 0 aliphatic heterocycles. The Hall–Kier alpha value is -2.90. The summed E-state index contributed by atoms with van der Waals surface area (Å²) in [5, 5.41) is 21.0. The number of rotatable bonds is 5. The first-order chi connectivity index (χ1) is 10.1. The van der Waals surface area contributed by atoms with Crippen LogP contribution in [-0.2, 0) is 0 Å². The minimum absolute atomic E-state index is 0.0253. The molecule has 2 aromatic rings. The molecule has 7 nitrogen and oxygen atoms in total. The molecule has 0 aliphatic carbocycles. The van der Waals surface area contributed by atoms with Crippen LogP contribution in [0, 0.1) is 5.82 Å². The van der Waals surface area contributed by atoms with Gasteiger partial charge in [0.15, 0.2) is 0 Å². The summed E-state index contributed by atoms with van der Waals surface area (Å²) in [6, 6.07) is 5.78. The van der Waals surface area contributed by atoms with E-state index in [9.17, 15) is 19.1 Å². The summed E-state index contributed by atoms with van der Waals surface area (Å²) >= 11 is 0. The Labute approximate surface area is 119 Å². The third-order valence-corrected chi connectivity index (χ3v) is 2.68. The van der Waals surface area contributed by atoms with Gasteiger partial charge < -0.3 is 20.5 Å². The monoisotopic (exact) mass is 291 g/mol. The van der Waals surface area contributed by atoms with E-state index in [1.54, 1.807) is 6.07 Å². The van der Waals surface area contributed by atoms with Gasteiger partial charge in [-0.05, 0) is 17.7 Å². The SMILES string of the molecule is O=C([O-])NCCNC(=O)c1[nH]ncc1-c1cccc(F)c1. The van der Waals surface area contributed by atoms with Crippen molar-refractivity contribution in [2.24, 2.45) is 0 Å². The van der Waals surface area contributed by atoms with Crippen molar-refractivity contribution < 1.29 is 19.1 Å². The minimum atomic E-state index is -1.41.